The lowest BCUT2D eigenvalue weighted by Crippen LogP contribution is -2.42. The number of amides is 1. The van der Waals surface area contributed by atoms with E-state index in [0.717, 1.165) is 4.47 Å². The molecule has 0 aliphatic carbocycles. The van der Waals surface area contributed by atoms with E-state index < -0.39 is 15.1 Å². The summed E-state index contributed by atoms with van der Waals surface area (Å²) in [4.78, 5) is 14.3. The van der Waals surface area contributed by atoms with Crippen LogP contribution in [-0.4, -0.2) is 37.6 Å². The summed E-state index contributed by atoms with van der Waals surface area (Å²) in [5.41, 5.74) is 0.424. The molecule has 0 bridgehead atoms. The molecular weight excluding hydrogens is 430 g/mol. The molecule has 3 rings (SSSR count). The molecule has 1 aliphatic rings. The third-order valence-electron chi connectivity index (χ3n) is 4.32. The van der Waals surface area contributed by atoms with Crippen LogP contribution in [0, 0.1) is 0 Å². The van der Waals surface area contributed by atoms with Crippen LogP contribution in [0.2, 0.25) is 5.02 Å². The van der Waals surface area contributed by atoms with Gasteiger partial charge < -0.3 is 9.32 Å². The second-order valence-electron chi connectivity index (χ2n) is 6.00. The van der Waals surface area contributed by atoms with Gasteiger partial charge in [0.2, 0.25) is 0 Å². The van der Waals surface area contributed by atoms with Crippen LogP contribution in [0.25, 0.3) is 0 Å². The van der Waals surface area contributed by atoms with Crippen molar-refractivity contribution in [2.45, 2.75) is 23.8 Å². The van der Waals surface area contributed by atoms with Gasteiger partial charge in [-0.1, -0.05) is 27.5 Å². The SMILES string of the molecule is O=C(c1cc(Br)ccc1Cl)N1CCC(S(=O)(=O)Cc2ccco2)CC1. The summed E-state index contributed by atoms with van der Waals surface area (Å²) >= 11 is 9.45. The molecule has 1 aromatic heterocycles. The molecule has 0 unspecified atom stereocenters. The van der Waals surface area contributed by atoms with Crippen LogP contribution in [0.15, 0.2) is 45.5 Å². The standard InChI is InChI=1S/C17H17BrClNO4S/c18-12-3-4-16(19)15(10-12)17(21)20-7-5-14(6-8-20)25(22,23)11-13-2-1-9-24-13/h1-4,9-10,14H,5-8,11H2. The fourth-order valence-corrected chi connectivity index (χ4v) is 5.25. The Balaban J connectivity index is 1.65. The van der Waals surface area contributed by atoms with Gasteiger partial charge in [0.15, 0.2) is 9.84 Å². The molecule has 1 aromatic carbocycles. The Labute approximate surface area is 160 Å². The van der Waals surface area contributed by atoms with Crippen LogP contribution in [0.4, 0.5) is 0 Å². The Morgan fingerprint density at radius 3 is 2.64 bits per heavy atom. The number of furan rings is 1. The largest absolute Gasteiger partial charge is 0.468 e. The van der Waals surface area contributed by atoms with Crippen LogP contribution in [0.3, 0.4) is 0 Å². The Hall–Kier alpha value is -1.31. The highest BCUT2D eigenvalue weighted by atomic mass is 79.9. The van der Waals surface area contributed by atoms with E-state index in [1.165, 1.54) is 6.26 Å². The maximum atomic E-state index is 12.6. The van der Waals surface area contributed by atoms with Crippen molar-refractivity contribution in [3.63, 3.8) is 0 Å². The zero-order chi connectivity index (χ0) is 18.0. The number of nitrogens with zero attached hydrogens (tertiary/aromatic N) is 1. The molecule has 0 N–H and O–H groups in total. The Morgan fingerprint density at radius 1 is 1.28 bits per heavy atom. The smallest absolute Gasteiger partial charge is 0.255 e. The molecule has 5 nitrogen and oxygen atoms in total. The summed E-state index contributed by atoms with van der Waals surface area (Å²) in [5, 5.41) is -0.0691. The zero-order valence-electron chi connectivity index (χ0n) is 13.3. The van der Waals surface area contributed by atoms with E-state index in [2.05, 4.69) is 15.9 Å². The number of rotatable bonds is 4. The molecular formula is C17H17BrClNO4S. The minimum atomic E-state index is -3.30. The van der Waals surface area contributed by atoms with Crippen molar-refractivity contribution in [3.8, 4) is 0 Å². The number of carbonyl (C=O) groups excluding carboxylic acids is 1. The molecule has 1 amide bonds. The molecule has 0 spiro atoms. The van der Waals surface area contributed by atoms with Crippen LogP contribution < -0.4 is 0 Å². The molecule has 1 fully saturated rings. The minimum absolute atomic E-state index is 0.101. The van der Waals surface area contributed by atoms with Gasteiger partial charge in [0.05, 0.1) is 22.1 Å². The molecule has 8 heteroatoms. The van der Waals surface area contributed by atoms with Gasteiger partial charge >= 0.3 is 0 Å². The van der Waals surface area contributed by atoms with Crippen molar-refractivity contribution in [1.29, 1.82) is 0 Å². The molecule has 1 aliphatic heterocycles. The number of benzene rings is 1. The molecule has 134 valence electrons. The van der Waals surface area contributed by atoms with Gasteiger partial charge in [0, 0.05) is 17.6 Å². The number of sulfone groups is 1. The molecule has 2 heterocycles. The van der Waals surface area contributed by atoms with Gasteiger partial charge in [-0.2, -0.15) is 0 Å². The zero-order valence-corrected chi connectivity index (χ0v) is 16.5. The van der Waals surface area contributed by atoms with Crippen LogP contribution in [0.5, 0.6) is 0 Å². The first-order valence-corrected chi connectivity index (χ1v) is 10.7. The molecule has 2 aromatic rings. The number of hydrogen-bond acceptors (Lipinski definition) is 4. The van der Waals surface area contributed by atoms with E-state index >= 15 is 0 Å². The van der Waals surface area contributed by atoms with E-state index in [1.54, 1.807) is 35.2 Å². The van der Waals surface area contributed by atoms with Crippen molar-refractivity contribution in [2.24, 2.45) is 0 Å². The third-order valence-corrected chi connectivity index (χ3v) is 7.32. The van der Waals surface area contributed by atoms with Crippen molar-refractivity contribution >= 4 is 43.3 Å². The highest BCUT2D eigenvalue weighted by Crippen LogP contribution is 2.26. The number of hydrogen-bond donors (Lipinski definition) is 0. The topological polar surface area (TPSA) is 67.6 Å². The average Bonchev–Trinajstić information content (AvgIpc) is 3.09. The van der Waals surface area contributed by atoms with Gasteiger partial charge in [-0.15, -0.1) is 0 Å². The van der Waals surface area contributed by atoms with Gasteiger partial charge in [-0.3, -0.25) is 4.79 Å². The van der Waals surface area contributed by atoms with Gasteiger partial charge in [0.25, 0.3) is 5.91 Å². The third kappa shape index (κ3) is 4.27. The average molecular weight is 447 g/mol. The van der Waals surface area contributed by atoms with Gasteiger partial charge in [-0.25, -0.2) is 8.42 Å². The van der Waals surface area contributed by atoms with Crippen molar-refractivity contribution in [3.05, 3.63) is 57.4 Å². The predicted octanol–water partition coefficient (Wildman–Crippen LogP) is 3.92. The summed E-state index contributed by atoms with van der Waals surface area (Å²) in [6.45, 7) is 0.785. The number of halogens is 2. The Morgan fingerprint density at radius 2 is 2.00 bits per heavy atom. The fourth-order valence-electron chi connectivity index (χ4n) is 2.96. The highest BCUT2D eigenvalue weighted by molar-refractivity contribution is 9.10. The maximum absolute atomic E-state index is 12.6. The summed E-state index contributed by atoms with van der Waals surface area (Å²) in [6.07, 6.45) is 2.30. The van der Waals surface area contributed by atoms with Crippen molar-refractivity contribution in [2.75, 3.05) is 13.1 Å². The summed E-state index contributed by atoms with van der Waals surface area (Å²) in [5.74, 6) is 0.170. The van der Waals surface area contributed by atoms with Gasteiger partial charge in [-0.05, 0) is 43.2 Å². The number of likely N-dealkylation sites (tertiary alicyclic amines) is 1. The van der Waals surface area contributed by atoms with E-state index in [4.69, 9.17) is 16.0 Å². The second-order valence-corrected chi connectivity index (χ2v) is 9.61. The monoisotopic (exact) mass is 445 g/mol. The molecule has 25 heavy (non-hydrogen) atoms. The second kappa shape index (κ2) is 7.51. The Kier molecular flexibility index (Phi) is 5.55. The maximum Gasteiger partial charge on any atom is 0.255 e. The summed E-state index contributed by atoms with van der Waals surface area (Å²) < 4.78 is 30.9. The molecule has 1 saturated heterocycles. The first-order chi connectivity index (χ1) is 11.9. The van der Waals surface area contributed by atoms with E-state index in [-0.39, 0.29) is 11.7 Å². The summed E-state index contributed by atoms with van der Waals surface area (Å²) in [7, 11) is -3.30. The quantitative estimate of drug-likeness (QED) is 0.714. The van der Waals surface area contributed by atoms with E-state index in [9.17, 15) is 13.2 Å². The van der Waals surface area contributed by atoms with Crippen molar-refractivity contribution < 1.29 is 17.6 Å². The highest BCUT2D eigenvalue weighted by Gasteiger charge is 2.32. The lowest BCUT2D eigenvalue weighted by molar-refractivity contribution is 0.0725. The summed E-state index contributed by atoms with van der Waals surface area (Å²) in [6, 6.07) is 8.45. The first kappa shape index (κ1) is 18.5. The van der Waals surface area contributed by atoms with Crippen LogP contribution in [-0.2, 0) is 15.6 Å². The lowest BCUT2D eigenvalue weighted by Gasteiger charge is -2.32. The first-order valence-electron chi connectivity index (χ1n) is 7.85. The number of piperidine rings is 1. The molecule has 0 radical (unpaired) electrons. The molecule has 0 saturated carbocycles. The lowest BCUT2D eigenvalue weighted by atomic mass is 10.1. The van der Waals surface area contributed by atoms with Crippen LogP contribution >= 0.6 is 27.5 Å². The van der Waals surface area contributed by atoms with Gasteiger partial charge in [0.1, 0.15) is 11.5 Å². The van der Waals surface area contributed by atoms with E-state index in [1.807, 2.05) is 0 Å². The Bertz CT molecular complexity index is 859. The molecule has 0 atom stereocenters. The van der Waals surface area contributed by atoms with E-state index in [0.29, 0.717) is 42.3 Å². The van der Waals surface area contributed by atoms with Crippen LogP contribution in [0.1, 0.15) is 29.0 Å². The number of carbonyl (C=O) groups is 1. The minimum Gasteiger partial charge on any atom is -0.468 e. The predicted molar refractivity (Wildman–Crippen MR) is 99.4 cm³/mol. The van der Waals surface area contributed by atoms with Crippen molar-refractivity contribution in [1.82, 2.24) is 4.90 Å². The normalized spacial score (nSPS) is 16.2. The fraction of sp³-hybridized carbons (Fsp3) is 0.353.